The zero-order valence-corrected chi connectivity index (χ0v) is 15.6. The average Bonchev–Trinajstić information content (AvgIpc) is 3.20. The van der Waals surface area contributed by atoms with Crippen LogP contribution in [0.1, 0.15) is 16.8 Å². The van der Waals surface area contributed by atoms with Gasteiger partial charge in [0.1, 0.15) is 5.75 Å². The summed E-state index contributed by atoms with van der Waals surface area (Å²) in [5, 5.41) is 3.46. The van der Waals surface area contributed by atoms with E-state index in [0.29, 0.717) is 24.9 Å². The predicted molar refractivity (Wildman–Crippen MR) is 107 cm³/mol. The smallest absolute Gasteiger partial charge is 0.233 e. The first kappa shape index (κ1) is 17.9. The van der Waals surface area contributed by atoms with Crippen LogP contribution >= 0.6 is 0 Å². The molecule has 0 aliphatic carbocycles. The molecule has 0 aliphatic rings. The van der Waals surface area contributed by atoms with E-state index in [4.69, 9.17) is 4.74 Å². The normalized spacial score (nSPS) is 10.8. The van der Waals surface area contributed by atoms with Gasteiger partial charge in [-0.2, -0.15) is 0 Å². The predicted octanol–water partition coefficient (Wildman–Crippen LogP) is 4.05. The van der Waals surface area contributed by atoms with Gasteiger partial charge >= 0.3 is 0 Å². The first-order valence-corrected chi connectivity index (χ1v) is 9.13. The van der Waals surface area contributed by atoms with E-state index in [2.05, 4.69) is 26.3 Å². The van der Waals surface area contributed by atoms with E-state index in [0.717, 1.165) is 22.6 Å². The van der Waals surface area contributed by atoms with Gasteiger partial charge in [-0.3, -0.25) is 4.57 Å². The molecule has 1 aromatic carbocycles. The highest BCUT2D eigenvalue weighted by atomic mass is 16.5. The van der Waals surface area contributed by atoms with Crippen molar-refractivity contribution in [3.05, 3.63) is 96.2 Å². The fourth-order valence-electron chi connectivity index (χ4n) is 2.92. The van der Waals surface area contributed by atoms with Gasteiger partial charge in [0.05, 0.1) is 0 Å². The molecule has 0 saturated heterocycles. The minimum Gasteiger partial charge on any atom is -0.438 e. The highest BCUT2D eigenvalue weighted by Gasteiger charge is 2.09. The number of nitrogens with zero attached hydrogens (tertiary/aromatic N) is 4. The minimum atomic E-state index is 0.617. The van der Waals surface area contributed by atoms with Crippen LogP contribution in [0, 0.1) is 6.92 Å². The van der Waals surface area contributed by atoms with Crippen LogP contribution in [0.3, 0.4) is 0 Å². The summed E-state index contributed by atoms with van der Waals surface area (Å²) in [6.07, 6.45) is 7.19. The van der Waals surface area contributed by atoms with Crippen LogP contribution in [0.15, 0.2) is 79.4 Å². The van der Waals surface area contributed by atoms with Crippen LogP contribution < -0.4 is 10.1 Å². The first-order chi connectivity index (χ1) is 13.8. The lowest BCUT2D eigenvalue weighted by Crippen LogP contribution is -2.16. The van der Waals surface area contributed by atoms with Crippen LogP contribution in [0.25, 0.3) is 5.95 Å². The number of para-hydroxylation sites is 1. The summed E-state index contributed by atoms with van der Waals surface area (Å²) in [5.41, 5.74) is 3.16. The number of nitrogens with one attached hydrogen (secondary N) is 1. The number of hydrogen-bond donors (Lipinski definition) is 1. The van der Waals surface area contributed by atoms with Crippen molar-refractivity contribution in [1.82, 2.24) is 24.8 Å². The molecular weight excluding hydrogens is 350 g/mol. The number of pyridine rings is 1. The van der Waals surface area contributed by atoms with E-state index >= 15 is 0 Å². The van der Waals surface area contributed by atoms with Crippen molar-refractivity contribution >= 4 is 0 Å². The number of benzene rings is 1. The Morgan fingerprint density at radius 3 is 2.54 bits per heavy atom. The lowest BCUT2D eigenvalue weighted by atomic mass is 10.2. The highest BCUT2D eigenvalue weighted by Crippen LogP contribution is 2.25. The maximum absolute atomic E-state index is 6.04. The molecule has 0 bridgehead atoms. The number of rotatable bonds is 7. The summed E-state index contributed by atoms with van der Waals surface area (Å²) in [6, 6.07) is 17.7. The maximum atomic E-state index is 6.04. The molecule has 4 aromatic rings. The van der Waals surface area contributed by atoms with Gasteiger partial charge in [-0.15, -0.1) is 0 Å². The zero-order chi connectivity index (χ0) is 19.2. The van der Waals surface area contributed by atoms with Crippen molar-refractivity contribution < 1.29 is 4.74 Å². The van der Waals surface area contributed by atoms with Crippen molar-refractivity contribution in [2.24, 2.45) is 0 Å². The van der Waals surface area contributed by atoms with E-state index in [1.807, 2.05) is 66.2 Å². The van der Waals surface area contributed by atoms with Crippen LogP contribution in [-0.4, -0.2) is 19.5 Å². The van der Waals surface area contributed by atoms with Crippen molar-refractivity contribution in [1.29, 1.82) is 0 Å². The second-order valence-electron chi connectivity index (χ2n) is 6.36. The quantitative estimate of drug-likeness (QED) is 0.531. The summed E-state index contributed by atoms with van der Waals surface area (Å²) >= 11 is 0. The molecule has 0 unspecified atom stereocenters. The molecule has 1 N–H and O–H groups in total. The summed E-state index contributed by atoms with van der Waals surface area (Å²) in [4.78, 5) is 13.0. The van der Waals surface area contributed by atoms with E-state index in [9.17, 15) is 0 Å². The Morgan fingerprint density at radius 2 is 1.68 bits per heavy atom. The fourth-order valence-corrected chi connectivity index (χ4v) is 2.92. The molecular formula is C22H21N5O. The Morgan fingerprint density at radius 1 is 0.857 bits per heavy atom. The standard InChI is InChI=1S/C22H21N5O/c1-17-7-2-3-10-20(17)28-21-18(8-4-11-24-21)15-23-16-19-9-5-14-27(19)22-25-12-6-13-26-22/h2-14,23H,15-16H2,1H3. The number of hydrogen-bond acceptors (Lipinski definition) is 5. The van der Waals surface area contributed by atoms with E-state index in [1.54, 1.807) is 18.6 Å². The second kappa shape index (κ2) is 8.45. The molecule has 6 nitrogen and oxygen atoms in total. The average molecular weight is 371 g/mol. The molecule has 0 radical (unpaired) electrons. The van der Waals surface area contributed by atoms with Crippen LogP contribution in [-0.2, 0) is 13.1 Å². The highest BCUT2D eigenvalue weighted by molar-refractivity contribution is 5.37. The number of aryl methyl sites for hydroxylation is 1. The van der Waals surface area contributed by atoms with E-state index in [1.165, 1.54) is 0 Å². The summed E-state index contributed by atoms with van der Waals surface area (Å²) < 4.78 is 8.02. The summed E-state index contributed by atoms with van der Waals surface area (Å²) in [5.74, 6) is 2.10. The molecule has 3 aromatic heterocycles. The monoisotopic (exact) mass is 371 g/mol. The van der Waals surface area contributed by atoms with Gasteiger partial charge in [-0.25, -0.2) is 15.0 Å². The molecule has 6 heteroatoms. The van der Waals surface area contributed by atoms with Gasteiger partial charge in [0.25, 0.3) is 0 Å². The van der Waals surface area contributed by atoms with Gasteiger partial charge in [0.15, 0.2) is 0 Å². The molecule has 28 heavy (non-hydrogen) atoms. The number of aromatic nitrogens is 4. The SMILES string of the molecule is Cc1ccccc1Oc1ncccc1CNCc1cccn1-c1ncccn1. The van der Waals surface area contributed by atoms with Crippen molar-refractivity contribution in [2.75, 3.05) is 0 Å². The number of ether oxygens (including phenoxy) is 1. The molecule has 0 atom stereocenters. The lowest BCUT2D eigenvalue weighted by molar-refractivity contribution is 0.449. The second-order valence-corrected chi connectivity index (χ2v) is 6.36. The molecule has 0 fully saturated rings. The Bertz CT molecular complexity index is 1050. The topological polar surface area (TPSA) is 64.9 Å². The largest absolute Gasteiger partial charge is 0.438 e. The van der Waals surface area contributed by atoms with E-state index < -0.39 is 0 Å². The minimum absolute atomic E-state index is 0.617. The molecule has 0 saturated carbocycles. The van der Waals surface area contributed by atoms with Gasteiger partial charge < -0.3 is 10.1 Å². The zero-order valence-electron chi connectivity index (χ0n) is 15.6. The lowest BCUT2D eigenvalue weighted by Gasteiger charge is -2.13. The molecule has 0 amide bonds. The molecule has 0 aliphatic heterocycles. The third kappa shape index (κ3) is 4.07. The van der Waals surface area contributed by atoms with Crippen molar-refractivity contribution in [3.63, 3.8) is 0 Å². The molecule has 4 rings (SSSR count). The first-order valence-electron chi connectivity index (χ1n) is 9.13. The van der Waals surface area contributed by atoms with Gasteiger partial charge in [-0.1, -0.05) is 24.3 Å². The van der Waals surface area contributed by atoms with Gasteiger partial charge in [0.2, 0.25) is 11.8 Å². The van der Waals surface area contributed by atoms with Crippen molar-refractivity contribution in [3.8, 4) is 17.6 Å². The van der Waals surface area contributed by atoms with Gasteiger partial charge in [0, 0.05) is 49.1 Å². The molecule has 0 spiro atoms. The van der Waals surface area contributed by atoms with Gasteiger partial charge in [-0.05, 0) is 42.8 Å². The summed E-state index contributed by atoms with van der Waals surface area (Å²) in [7, 11) is 0. The van der Waals surface area contributed by atoms with Crippen molar-refractivity contribution in [2.45, 2.75) is 20.0 Å². The Labute approximate surface area is 163 Å². The van der Waals surface area contributed by atoms with Crippen LogP contribution in [0.5, 0.6) is 11.6 Å². The third-order valence-electron chi connectivity index (χ3n) is 4.37. The Hall–Kier alpha value is -3.51. The summed E-state index contributed by atoms with van der Waals surface area (Å²) in [6.45, 7) is 3.33. The maximum Gasteiger partial charge on any atom is 0.233 e. The van der Waals surface area contributed by atoms with Crippen LogP contribution in [0.2, 0.25) is 0 Å². The molecule has 140 valence electrons. The van der Waals surface area contributed by atoms with E-state index in [-0.39, 0.29) is 0 Å². The Balaban J connectivity index is 1.44. The fraction of sp³-hybridized carbons (Fsp3) is 0.136. The molecule has 3 heterocycles. The Kier molecular flexibility index (Phi) is 5.40. The third-order valence-corrected chi connectivity index (χ3v) is 4.37. The van der Waals surface area contributed by atoms with Crippen LogP contribution in [0.4, 0.5) is 0 Å².